The highest BCUT2D eigenvalue weighted by atomic mass is 16.6. The number of fused-ring (bicyclic) bond motifs is 5. The third kappa shape index (κ3) is 1.67. The first-order chi connectivity index (χ1) is 10.2. The minimum Gasteiger partial charge on any atom is -0.342 e. The highest BCUT2D eigenvalue weighted by molar-refractivity contribution is 5.60. The van der Waals surface area contributed by atoms with Gasteiger partial charge < -0.3 is 4.90 Å². The molecule has 1 aromatic carbocycles. The SMILES string of the molecule is Cc1cc([N+](=O)[O-])cnc1N1[C@H]2CC[C@H]1c1ccccc12. The average molecular weight is 281 g/mol. The van der Waals surface area contributed by atoms with E-state index in [1.54, 1.807) is 6.07 Å². The zero-order valence-corrected chi connectivity index (χ0v) is 11.7. The van der Waals surface area contributed by atoms with Gasteiger partial charge in [0.1, 0.15) is 12.0 Å². The zero-order valence-electron chi connectivity index (χ0n) is 11.7. The van der Waals surface area contributed by atoms with Gasteiger partial charge >= 0.3 is 0 Å². The summed E-state index contributed by atoms with van der Waals surface area (Å²) in [6.45, 7) is 1.90. The molecule has 1 aromatic heterocycles. The number of benzene rings is 1. The Bertz CT molecular complexity index is 713. The summed E-state index contributed by atoms with van der Waals surface area (Å²) < 4.78 is 0. The van der Waals surface area contributed by atoms with E-state index in [1.807, 2.05) is 6.92 Å². The standard InChI is InChI=1S/C16H15N3O2/c1-10-8-11(19(20)21)9-17-16(10)18-14-6-7-15(18)13-5-3-2-4-12(13)14/h2-5,8-9,14-15H,6-7H2,1H3/t14-,15-/m0/s1. The Balaban J connectivity index is 1.78. The second-order valence-electron chi connectivity index (χ2n) is 5.74. The van der Waals surface area contributed by atoms with Crippen LogP contribution in [0.5, 0.6) is 0 Å². The number of hydrogen-bond acceptors (Lipinski definition) is 4. The first-order valence-corrected chi connectivity index (χ1v) is 7.15. The molecule has 2 aliphatic rings. The van der Waals surface area contributed by atoms with E-state index in [0.717, 1.165) is 24.2 Å². The van der Waals surface area contributed by atoms with Gasteiger partial charge in [0.25, 0.3) is 5.69 Å². The quantitative estimate of drug-likeness (QED) is 0.622. The molecule has 1 fully saturated rings. The molecule has 2 aromatic rings. The van der Waals surface area contributed by atoms with Crippen molar-refractivity contribution >= 4 is 11.5 Å². The largest absolute Gasteiger partial charge is 0.342 e. The molecule has 2 aliphatic heterocycles. The molecular formula is C16H15N3O2. The summed E-state index contributed by atoms with van der Waals surface area (Å²) in [7, 11) is 0. The Morgan fingerprint density at radius 3 is 2.38 bits per heavy atom. The molecule has 0 unspecified atom stereocenters. The van der Waals surface area contributed by atoms with Crippen LogP contribution in [-0.4, -0.2) is 9.91 Å². The van der Waals surface area contributed by atoms with Gasteiger partial charge in [0.15, 0.2) is 0 Å². The topological polar surface area (TPSA) is 59.3 Å². The summed E-state index contributed by atoms with van der Waals surface area (Å²) in [5.74, 6) is 0.879. The predicted molar refractivity (Wildman–Crippen MR) is 79.3 cm³/mol. The Morgan fingerprint density at radius 1 is 1.24 bits per heavy atom. The van der Waals surface area contributed by atoms with Gasteiger partial charge in [-0.3, -0.25) is 10.1 Å². The molecule has 21 heavy (non-hydrogen) atoms. The van der Waals surface area contributed by atoms with Crippen LogP contribution < -0.4 is 4.90 Å². The minimum atomic E-state index is -0.392. The maximum Gasteiger partial charge on any atom is 0.287 e. The van der Waals surface area contributed by atoms with E-state index in [4.69, 9.17) is 0 Å². The van der Waals surface area contributed by atoms with Crippen LogP contribution in [0.1, 0.15) is 41.6 Å². The Morgan fingerprint density at radius 2 is 1.86 bits per heavy atom. The van der Waals surface area contributed by atoms with Gasteiger partial charge in [-0.25, -0.2) is 4.98 Å². The lowest BCUT2D eigenvalue weighted by atomic mass is 9.92. The van der Waals surface area contributed by atoms with Gasteiger partial charge in [0, 0.05) is 6.07 Å². The summed E-state index contributed by atoms with van der Waals surface area (Å²) >= 11 is 0. The van der Waals surface area contributed by atoms with E-state index in [-0.39, 0.29) is 5.69 Å². The van der Waals surface area contributed by atoms with E-state index in [9.17, 15) is 10.1 Å². The predicted octanol–water partition coefficient (Wildman–Crippen LogP) is 3.69. The minimum absolute atomic E-state index is 0.0558. The maximum absolute atomic E-state index is 10.9. The monoisotopic (exact) mass is 281 g/mol. The van der Waals surface area contributed by atoms with Crippen molar-refractivity contribution in [3.63, 3.8) is 0 Å². The van der Waals surface area contributed by atoms with E-state index in [1.165, 1.54) is 17.3 Å². The first-order valence-electron chi connectivity index (χ1n) is 7.15. The highest BCUT2D eigenvalue weighted by Gasteiger charge is 2.44. The van der Waals surface area contributed by atoms with Crippen molar-refractivity contribution in [2.24, 2.45) is 0 Å². The third-order valence-electron chi connectivity index (χ3n) is 4.59. The molecule has 4 rings (SSSR count). The molecule has 5 heteroatoms. The molecule has 2 atom stereocenters. The van der Waals surface area contributed by atoms with Gasteiger partial charge in [-0.05, 0) is 36.5 Å². The number of nitro groups is 1. The summed E-state index contributed by atoms with van der Waals surface area (Å²) in [4.78, 5) is 17.2. The van der Waals surface area contributed by atoms with Gasteiger partial charge in [-0.1, -0.05) is 24.3 Å². The highest BCUT2D eigenvalue weighted by Crippen LogP contribution is 2.54. The number of pyridine rings is 1. The third-order valence-corrected chi connectivity index (χ3v) is 4.59. The molecule has 1 saturated heterocycles. The first kappa shape index (κ1) is 12.3. The van der Waals surface area contributed by atoms with Gasteiger partial charge in [0.2, 0.25) is 0 Å². The fourth-order valence-corrected chi connectivity index (χ4v) is 3.76. The Hall–Kier alpha value is -2.43. The van der Waals surface area contributed by atoms with Crippen molar-refractivity contribution in [2.75, 3.05) is 4.90 Å². The summed E-state index contributed by atoms with van der Waals surface area (Å²) in [6.07, 6.45) is 3.62. The fraction of sp³-hybridized carbons (Fsp3) is 0.312. The molecule has 2 bridgehead atoms. The molecule has 0 amide bonds. The van der Waals surface area contributed by atoms with E-state index in [0.29, 0.717) is 12.1 Å². The number of nitrogens with zero attached hydrogens (tertiary/aromatic N) is 3. The van der Waals surface area contributed by atoms with Crippen LogP contribution in [0.15, 0.2) is 36.5 Å². The summed E-state index contributed by atoms with van der Waals surface area (Å²) in [5.41, 5.74) is 3.69. The van der Waals surface area contributed by atoms with Crippen molar-refractivity contribution in [1.82, 2.24) is 4.98 Å². The maximum atomic E-state index is 10.9. The van der Waals surface area contributed by atoms with Crippen molar-refractivity contribution < 1.29 is 4.92 Å². The van der Waals surface area contributed by atoms with Crippen molar-refractivity contribution in [1.29, 1.82) is 0 Å². The molecule has 106 valence electrons. The number of aromatic nitrogens is 1. The van der Waals surface area contributed by atoms with Crippen LogP contribution in [0.4, 0.5) is 11.5 Å². The number of rotatable bonds is 2. The number of hydrogen-bond donors (Lipinski definition) is 0. The van der Waals surface area contributed by atoms with Gasteiger partial charge in [0.05, 0.1) is 17.0 Å². The van der Waals surface area contributed by atoms with E-state index >= 15 is 0 Å². The van der Waals surface area contributed by atoms with Crippen molar-refractivity contribution in [3.05, 3.63) is 63.3 Å². The molecular weight excluding hydrogens is 266 g/mol. The lowest BCUT2D eigenvalue weighted by Crippen LogP contribution is -2.20. The van der Waals surface area contributed by atoms with Crippen LogP contribution in [0.25, 0.3) is 0 Å². The van der Waals surface area contributed by atoms with E-state index in [2.05, 4.69) is 34.1 Å². The lowest BCUT2D eigenvalue weighted by molar-refractivity contribution is -0.385. The molecule has 0 N–H and O–H groups in total. The van der Waals surface area contributed by atoms with Gasteiger partial charge in [-0.15, -0.1) is 0 Å². The normalized spacial score (nSPS) is 22.4. The van der Waals surface area contributed by atoms with Crippen molar-refractivity contribution in [2.45, 2.75) is 31.8 Å². The second-order valence-corrected chi connectivity index (χ2v) is 5.74. The van der Waals surface area contributed by atoms with E-state index < -0.39 is 4.92 Å². The van der Waals surface area contributed by atoms with Crippen LogP contribution in [0, 0.1) is 17.0 Å². The Kier molecular flexibility index (Phi) is 2.51. The molecule has 0 spiro atoms. The zero-order chi connectivity index (χ0) is 14.6. The summed E-state index contributed by atoms with van der Waals surface area (Å²) in [5, 5.41) is 10.9. The summed E-state index contributed by atoms with van der Waals surface area (Å²) in [6, 6.07) is 10.9. The van der Waals surface area contributed by atoms with Gasteiger partial charge in [-0.2, -0.15) is 0 Å². The van der Waals surface area contributed by atoms with Crippen molar-refractivity contribution in [3.8, 4) is 0 Å². The molecule has 0 radical (unpaired) electrons. The van der Waals surface area contributed by atoms with Crippen LogP contribution in [0.3, 0.4) is 0 Å². The smallest absolute Gasteiger partial charge is 0.287 e. The lowest BCUT2D eigenvalue weighted by Gasteiger charge is -2.25. The fourth-order valence-electron chi connectivity index (χ4n) is 3.76. The second kappa shape index (κ2) is 4.28. The van der Waals surface area contributed by atoms with Crippen LogP contribution in [-0.2, 0) is 0 Å². The average Bonchev–Trinajstić information content (AvgIpc) is 3.04. The molecule has 5 nitrogen and oxygen atoms in total. The Labute approximate surface area is 122 Å². The molecule has 0 aliphatic carbocycles. The number of anilines is 1. The van der Waals surface area contributed by atoms with Crippen LogP contribution >= 0.6 is 0 Å². The molecule has 3 heterocycles. The number of aryl methyl sites for hydroxylation is 1. The van der Waals surface area contributed by atoms with Crippen LogP contribution in [0.2, 0.25) is 0 Å². The molecule has 0 saturated carbocycles.